The molecular formula is C81H104Cl2F5N9O16S2. The van der Waals surface area contributed by atoms with Crippen LogP contribution in [0.15, 0.2) is 220 Å². The van der Waals surface area contributed by atoms with Crippen LogP contribution in [-0.4, -0.2) is 172 Å². The number of hydrogen-bond donors (Lipinski definition) is 6. The summed E-state index contributed by atoms with van der Waals surface area (Å²) in [5.41, 5.74) is 32.9. The van der Waals surface area contributed by atoms with Gasteiger partial charge in [-0.3, -0.25) is 24.5 Å². The Labute approximate surface area is 679 Å². The molecule has 34 heteroatoms. The molecule has 1 amide bonds. The largest absolute Gasteiger partial charge is 0.487 e. The third kappa shape index (κ3) is 39.7. The van der Waals surface area contributed by atoms with E-state index in [1.807, 2.05) is 32.6 Å². The summed E-state index contributed by atoms with van der Waals surface area (Å²) < 4.78 is 150. The molecule has 0 bridgehead atoms. The number of halogens is 7. The fraction of sp³-hybridized carbons (Fsp3) is 0.370. The molecule has 8 rings (SSSR count). The van der Waals surface area contributed by atoms with Crippen LogP contribution < -0.4 is 62.8 Å². The molecule has 0 unspecified atom stereocenters. The number of sulfone groups is 1. The van der Waals surface area contributed by atoms with E-state index < -0.39 is 48.1 Å². The van der Waals surface area contributed by atoms with Gasteiger partial charge in [-0.2, -0.15) is 4.31 Å². The van der Waals surface area contributed by atoms with Gasteiger partial charge in [-0.1, -0.05) is 55.0 Å². The number of ketones is 2. The zero-order valence-electron chi connectivity index (χ0n) is 65.1. The Bertz CT molecular complexity index is 4380. The van der Waals surface area contributed by atoms with Gasteiger partial charge in [0.25, 0.3) is 11.6 Å². The Morgan fingerprint density at radius 2 is 0.878 bits per heavy atom. The smallest absolute Gasteiger partial charge is 0.271 e. The first kappa shape index (κ1) is 99.8. The number of rotatable bonds is 35. The van der Waals surface area contributed by atoms with Crippen LogP contribution in [0.4, 0.5) is 27.6 Å². The first-order valence-electron chi connectivity index (χ1n) is 36.3. The van der Waals surface area contributed by atoms with Crippen LogP contribution in [0.1, 0.15) is 97.8 Å². The van der Waals surface area contributed by atoms with Gasteiger partial charge in [-0.25, -0.2) is 38.8 Å². The highest BCUT2D eigenvalue weighted by Crippen LogP contribution is 2.31. The van der Waals surface area contributed by atoms with Crippen molar-refractivity contribution in [1.82, 2.24) is 9.21 Å². The molecule has 115 heavy (non-hydrogen) atoms. The van der Waals surface area contributed by atoms with E-state index in [9.17, 15) is 63.3 Å². The van der Waals surface area contributed by atoms with Crippen LogP contribution in [0, 0.1) is 16.0 Å². The fourth-order valence-corrected chi connectivity index (χ4v) is 12.6. The Hall–Kier alpha value is -9.42. The number of morpholine rings is 1. The summed E-state index contributed by atoms with van der Waals surface area (Å²) in [5.74, 6) is 1.27. The van der Waals surface area contributed by atoms with Crippen molar-refractivity contribution < 1.29 is 91.3 Å². The van der Waals surface area contributed by atoms with E-state index in [1.165, 1.54) is 134 Å². The number of carbonyl (C=O) groups is 3. The second-order valence-corrected chi connectivity index (χ2v) is 30.3. The lowest BCUT2D eigenvalue weighted by Crippen LogP contribution is -2.42. The third-order valence-corrected chi connectivity index (χ3v) is 19.5. The van der Waals surface area contributed by atoms with E-state index in [4.69, 9.17) is 90.8 Å². The molecule has 0 aromatic heterocycles. The van der Waals surface area contributed by atoms with Gasteiger partial charge < -0.3 is 72.5 Å². The molecule has 6 aromatic rings. The highest BCUT2D eigenvalue weighted by molar-refractivity contribution is 7.90. The first-order valence-corrected chi connectivity index (χ1v) is 40.4. The lowest BCUT2D eigenvalue weighted by molar-refractivity contribution is -0.384. The summed E-state index contributed by atoms with van der Waals surface area (Å²) in [7, 11) is -6.74. The predicted molar refractivity (Wildman–Crippen MR) is 438 cm³/mol. The van der Waals surface area contributed by atoms with E-state index in [-0.39, 0.29) is 128 Å². The molecule has 12 N–H and O–H groups in total. The molecule has 630 valence electrons. The quantitative estimate of drug-likeness (QED) is 0.00931. The molecule has 6 aromatic carbocycles. The average Bonchev–Trinajstić information content (AvgIpc) is 0.801. The molecule has 1 aliphatic heterocycles. The zero-order valence-corrected chi connectivity index (χ0v) is 68.3. The minimum Gasteiger partial charge on any atom is -0.487 e. The van der Waals surface area contributed by atoms with Gasteiger partial charge >= 0.3 is 0 Å². The number of nitro benzene ring substituents is 1. The van der Waals surface area contributed by atoms with Crippen molar-refractivity contribution in [2.24, 2.45) is 40.3 Å². The normalized spacial score (nSPS) is 13.7. The van der Waals surface area contributed by atoms with Crippen molar-refractivity contribution in [1.29, 1.82) is 0 Å². The maximum atomic E-state index is 13.2. The van der Waals surface area contributed by atoms with Gasteiger partial charge in [0.2, 0.25) is 10.0 Å². The summed E-state index contributed by atoms with van der Waals surface area (Å²) >= 11 is 11.6. The topological polar surface area (TPSA) is 390 Å². The van der Waals surface area contributed by atoms with E-state index in [0.29, 0.717) is 101 Å². The van der Waals surface area contributed by atoms with Gasteiger partial charge in [0.05, 0.1) is 38.0 Å². The average molecular weight is 1690 g/mol. The molecule has 2 aliphatic rings. The van der Waals surface area contributed by atoms with E-state index >= 15 is 0 Å². The molecular weight excluding hydrogens is 1580 g/mol. The van der Waals surface area contributed by atoms with Crippen LogP contribution in [0.2, 0.25) is 5.02 Å². The molecule has 1 heterocycles. The number of carbonyl (C=O) groups excluding carboxylic acids is 3. The van der Waals surface area contributed by atoms with Crippen molar-refractivity contribution in [2.75, 3.05) is 111 Å². The van der Waals surface area contributed by atoms with E-state index in [1.54, 1.807) is 78.9 Å². The predicted octanol–water partition coefficient (Wildman–Crippen LogP) is 13.7. The van der Waals surface area contributed by atoms with Crippen LogP contribution >= 0.6 is 23.2 Å². The zero-order chi connectivity index (χ0) is 85.5. The number of hydrogen-bond acceptors (Lipinski definition) is 22. The molecule has 2 fully saturated rings. The van der Waals surface area contributed by atoms with Gasteiger partial charge in [-0.05, 0) is 198 Å². The Balaban J connectivity index is 0.000000359. The highest BCUT2D eigenvalue weighted by Gasteiger charge is 2.27. The number of Topliss-reactive ketones (excluding diaryl/α,β-unsaturated/α-hetero) is 2. The number of nitrogens with zero attached hydrogens (tertiary/aromatic N) is 3. The van der Waals surface area contributed by atoms with Crippen molar-refractivity contribution in [3.63, 3.8) is 0 Å². The highest BCUT2D eigenvalue weighted by atomic mass is 35.5. The van der Waals surface area contributed by atoms with Gasteiger partial charge in [0, 0.05) is 106 Å². The molecule has 25 nitrogen and oxygen atoms in total. The Morgan fingerprint density at radius 1 is 0.530 bits per heavy atom. The first-order chi connectivity index (χ1) is 54.7. The maximum absolute atomic E-state index is 13.2. The summed E-state index contributed by atoms with van der Waals surface area (Å²) in [6.45, 7) is 11.1. The fourth-order valence-electron chi connectivity index (χ4n) is 10.2. The second-order valence-electron chi connectivity index (χ2n) is 25.5. The summed E-state index contributed by atoms with van der Waals surface area (Å²) in [6, 6.07) is 36.1. The number of non-ortho nitro benzene ring substituents is 1. The SMILES string of the molecule is CC(=O)c1ccc(OC/C(F)=C\CN)cc1.CC(C)N(C(=O)c1ccc(OC/C(F)=C\CN)cc1)C(C)C.CS(=O)(=O)c1ccc(OC/C(F)=C\CN)cc1.NC/C=C(/F)COc1ccc(C(=O)CC2CCCC2)cc1.NC/C=C(/F)COc1ccc(S(=O)(=O)N2CCOCC2)cc1.NC/C=C(\Cl)COc1ccc([N+](=O)[O-])cc1Cl. The lowest BCUT2D eigenvalue weighted by Gasteiger charge is -2.30. The molecule has 1 saturated carbocycles. The number of ether oxygens (including phenoxy) is 7. The Morgan fingerprint density at radius 3 is 1.21 bits per heavy atom. The number of benzene rings is 6. The summed E-state index contributed by atoms with van der Waals surface area (Å²) in [4.78, 5) is 47.8. The standard InChI is InChI=1S/C17H25FN2O2.C17H22FNO2.C14H19FN2O4S.C12H14FNO2.C11H14FNO3S.C10H10Cl2N2O3/c1-12(2)20(13(3)4)17(21)14-5-7-16(8-6-14)22-11-15(18)9-10-19;18-15(9-10-19)12-21-16-7-5-14(6-8-16)17(20)11-13-3-1-2-4-13;15-12(5-6-16)11-21-13-1-3-14(4-2-13)22(18,19)17-7-9-20-10-8-17;1-9(15)10-2-4-12(5-3-10)16-8-11(13)6-7-14;1-17(14,15)11-4-2-10(3-5-11)16-8-9(12)6-7-13;11-7(3-4-13)6-17-10-2-1-8(14(15)16)5-9(10)12/h5-9,12-13H,10-11,19H2,1-4H3;5-9,13H,1-4,10-12,19H2;1-5H,6-11,16H2;2-6H,7-8,14H2,1H3;2-6H,7-8,13H2,1H3;1-3,5H,4,6,13H2/b2*15-9+;12-5+;11-6+;9-6+;7-3-. The van der Waals surface area contributed by atoms with Crippen molar-refractivity contribution in [3.05, 3.63) is 242 Å². The minimum atomic E-state index is -3.52. The number of nitrogens with two attached hydrogens (primary N) is 6. The molecule has 1 saturated heterocycles. The number of sulfonamides is 1. The van der Waals surface area contributed by atoms with Crippen LogP contribution in [-0.2, 0) is 24.6 Å². The second kappa shape index (κ2) is 54.4. The van der Waals surface area contributed by atoms with Gasteiger partial charge in [0.1, 0.15) is 103 Å². The van der Waals surface area contributed by atoms with Crippen molar-refractivity contribution in [2.45, 2.75) is 88.6 Å². The van der Waals surface area contributed by atoms with E-state index in [2.05, 4.69) is 0 Å². The molecule has 1 aliphatic carbocycles. The Kier molecular flexibility index (Phi) is 47.2. The van der Waals surface area contributed by atoms with Crippen LogP contribution in [0.25, 0.3) is 0 Å². The molecule has 0 spiro atoms. The summed E-state index contributed by atoms with van der Waals surface area (Å²) in [6.07, 6.45) is 14.4. The minimum absolute atomic E-state index is 0.0132. The number of nitro groups is 1. The lowest BCUT2D eigenvalue weighted by atomic mass is 9.97. The van der Waals surface area contributed by atoms with Gasteiger partial charge in [-0.15, -0.1) is 0 Å². The van der Waals surface area contributed by atoms with Gasteiger partial charge in [0.15, 0.2) is 21.4 Å². The molecule has 0 radical (unpaired) electrons. The van der Waals surface area contributed by atoms with Crippen molar-refractivity contribution in [3.8, 4) is 34.5 Å². The maximum Gasteiger partial charge on any atom is 0.271 e. The third-order valence-electron chi connectivity index (χ3n) is 15.9. The van der Waals surface area contributed by atoms with Crippen LogP contribution in [0.5, 0.6) is 34.5 Å². The molecule has 0 atom stereocenters. The monoisotopic (exact) mass is 1690 g/mol. The van der Waals surface area contributed by atoms with Crippen LogP contribution in [0.3, 0.4) is 0 Å². The van der Waals surface area contributed by atoms with Crippen molar-refractivity contribution >= 4 is 66.2 Å². The number of amides is 1. The van der Waals surface area contributed by atoms with E-state index in [0.717, 1.165) is 6.26 Å². The summed E-state index contributed by atoms with van der Waals surface area (Å²) in [5, 5.41) is 11.1.